The molecule has 2 rings (SSSR count). The Morgan fingerprint density at radius 3 is 2.19 bits per heavy atom. The molecule has 118 valence electrons. The van der Waals surface area contributed by atoms with E-state index >= 15 is 0 Å². The fourth-order valence-electron chi connectivity index (χ4n) is 3.04. The van der Waals surface area contributed by atoms with Crippen molar-refractivity contribution in [2.75, 3.05) is 13.1 Å². The molecule has 2 nitrogen and oxygen atoms in total. The Labute approximate surface area is 130 Å². The number of aliphatic hydroxyl groups excluding tert-OH is 1. The van der Waals surface area contributed by atoms with Crippen molar-refractivity contribution in [2.45, 2.75) is 53.1 Å². The summed E-state index contributed by atoms with van der Waals surface area (Å²) in [6.07, 6.45) is 3.36. The average molecular weight is 289 g/mol. The van der Waals surface area contributed by atoms with Crippen LogP contribution in [0, 0.1) is 17.3 Å². The Balaban J connectivity index is 1.79. The van der Waals surface area contributed by atoms with E-state index in [0.29, 0.717) is 17.9 Å². The van der Waals surface area contributed by atoms with Gasteiger partial charge >= 0.3 is 0 Å². The van der Waals surface area contributed by atoms with E-state index in [0.717, 1.165) is 24.4 Å². The molecule has 2 N–H and O–H groups in total. The Kier molecular flexibility index (Phi) is 5.45. The van der Waals surface area contributed by atoms with Gasteiger partial charge in [0.25, 0.3) is 0 Å². The maximum absolute atomic E-state index is 10.3. The normalized spacial score (nSPS) is 18.2. The average Bonchev–Trinajstić information content (AvgIpc) is 3.20. The summed E-state index contributed by atoms with van der Waals surface area (Å²) in [5.74, 6) is 1.41. The van der Waals surface area contributed by atoms with Crippen LogP contribution in [0.3, 0.4) is 0 Å². The molecule has 2 heteroatoms. The monoisotopic (exact) mass is 289 g/mol. The minimum atomic E-state index is -0.402. The highest BCUT2D eigenvalue weighted by Crippen LogP contribution is 2.51. The summed E-state index contributed by atoms with van der Waals surface area (Å²) < 4.78 is 0. The fraction of sp³-hybridized carbons (Fsp3) is 0.684. The summed E-state index contributed by atoms with van der Waals surface area (Å²) in [7, 11) is 0. The second-order valence-electron chi connectivity index (χ2n) is 7.50. The van der Waals surface area contributed by atoms with Crippen molar-refractivity contribution in [1.82, 2.24) is 5.32 Å². The van der Waals surface area contributed by atoms with E-state index in [1.807, 2.05) is 0 Å². The molecule has 1 saturated carbocycles. The minimum absolute atomic E-state index is 0.402. The number of aliphatic hydroxyl groups is 1. The molecule has 0 radical (unpaired) electrons. The van der Waals surface area contributed by atoms with Crippen molar-refractivity contribution in [3.8, 4) is 0 Å². The molecule has 1 unspecified atom stereocenters. The topological polar surface area (TPSA) is 32.3 Å². The molecule has 1 aromatic rings. The minimum Gasteiger partial charge on any atom is -0.387 e. The quantitative estimate of drug-likeness (QED) is 0.759. The smallest absolute Gasteiger partial charge is 0.0914 e. The van der Waals surface area contributed by atoms with E-state index in [2.05, 4.69) is 57.3 Å². The van der Waals surface area contributed by atoms with E-state index < -0.39 is 6.10 Å². The maximum atomic E-state index is 10.3. The standard InChI is InChI=1S/C19H31NO/c1-14(2)11-16-5-7-17(8-6-16)18(21)12-20-13-19(9-10-19)15(3)4/h5-8,14-15,18,20-21H,9-13H2,1-4H3. The van der Waals surface area contributed by atoms with Gasteiger partial charge in [-0.2, -0.15) is 0 Å². The van der Waals surface area contributed by atoms with Gasteiger partial charge in [0.15, 0.2) is 0 Å². The van der Waals surface area contributed by atoms with Gasteiger partial charge in [0.2, 0.25) is 0 Å². The van der Waals surface area contributed by atoms with Crippen LogP contribution in [-0.4, -0.2) is 18.2 Å². The zero-order valence-corrected chi connectivity index (χ0v) is 14.0. The molecule has 1 aromatic carbocycles. The molecule has 1 aliphatic rings. The second-order valence-corrected chi connectivity index (χ2v) is 7.50. The van der Waals surface area contributed by atoms with Crippen LogP contribution in [0.15, 0.2) is 24.3 Å². The third-order valence-electron chi connectivity index (χ3n) is 4.94. The van der Waals surface area contributed by atoms with Crippen LogP contribution in [0.25, 0.3) is 0 Å². The van der Waals surface area contributed by atoms with Gasteiger partial charge in [-0.3, -0.25) is 0 Å². The van der Waals surface area contributed by atoms with E-state index in [9.17, 15) is 5.11 Å². The van der Waals surface area contributed by atoms with E-state index in [1.165, 1.54) is 18.4 Å². The highest BCUT2D eigenvalue weighted by atomic mass is 16.3. The molecule has 0 amide bonds. The van der Waals surface area contributed by atoms with Gasteiger partial charge in [0.05, 0.1) is 6.10 Å². The lowest BCUT2D eigenvalue weighted by Gasteiger charge is -2.21. The van der Waals surface area contributed by atoms with Crippen LogP contribution < -0.4 is 5.32 Å². The molecular weight excluding hydrogens is 258 g/mol. The summed E-state index contributed by atoms with van der Waals surface area (Å²) >= 11 is 0. The summed E-state index contributed by atoms with van der Waals surface area (Å²) in [5.41, 5.74) is 2.87. The van der Waals surface area contributed by atoms with Crippen molar-refractivity contribution in [1.29, 1.82) is 0 Å². The first-order valence-electron chi connectivity index (χ1n) is 8.40. The Hall–Kier alpha value is -0.860. The molecule has 1 fully saturated rings. The molecule has 0 heterocycles. The van der Waals surface area contributed by atoms with Gasteiger partial charge in [-0.1, -0.05) is 52.0 Å². The molecule has 0 spiro atoms. The van der Waals surface area contributed by atoms with Crippen molar-refractivity contribution in [3.05, 3.63) is 35.4 Å². The van der Waals surface area contributed by atoms with Crippen LogP contribution in [0.1, 0.15) is 57.8 Å². The van der Waals surface area contributed by atoms with E-state index in [1.54, 1.807) is 0 Å². The lowest BCUT2D eigenvalue weighted by atomic mass is 9.92. The number of benzene rings is 1. The summed E-state index contributed by atoms with van der Waals surface area (Å²) in [6.45, 7) is 10.8. The first-order valence-corrected chi connectivity index (χ1v) is 8.40. The van der Waals surface area contributed by atoms with Crippen LogP contribution in [-0.2, 0) is 6.42 Å². The lowest BCUT2D eigenvalue weighted by Crippen LogP contribution is -2.30. The molecular formula is C19H31NO. The van der Waals surface area contributed by atoms with Crippen LogP contribution >= 0.6 is 0 Å². The van der Waals surface area contributed by atoms with Crippen LogP contribution in [0.5, 0.6) is 0 Å². The third kappa shape index (κ3) is 4.55. The highest BCUT2D eigenvalue weighted by Gasteiger charge is 2.44. The van der Waals surface area contributed by atoms with E-state index in [-0.39, 0.29) is 0 Å². The van der Waals surface area contributed by atoms with Gasteiger partial charge in [-0.25, -0.2) is 0 Å². The first kappa shape index (κ1) is 16.5. The largest absolute Gasteiger partial charge is 0.387 e. The molecule has 1 aliphatic carbocycles. The molecule has 0 aliphatic heterocycles. The predicted octanol–water partition coefficient (Wildman–Crippen LogP) is 3.94. The van der Waals surface area contributed by atoms with Crippen molar-refractivity contribution < 1.29 is 5.11 Å². The molecule has 0 aromatic heterocycles. The van der Waals surface area contributed by atoms with Gasteiger partial charge in [0, 0.05) is 13.1 Å². The van der Waals surface area contributed by atoms with Gasteiger partial charge in [0.1, 0.15) is 0 Å². The number of hydrogen-bond donors (Lipinski definition) is 2. The highest BCUT2D eigenvalue weighted by molar-refractivity contribution is 5.24. The Morgan fingerprint density at radius 2 is 1.71 bits per heavy atom. The molecule has 1 atom stereocenters. The summed E-state index contributed by atoms with van der Waals surface area (Å²) in [5, 5.41) is 13.8. The summed E-state index contributed by atoms with van der Waals surface area (Å²) in [4.78, 5) is 0. The van der Waals surface area contributed by atoms with Crippen LogP contribution in [0.4, 0.5) is 0 Å². The van der Waals surface area contributed by atoms with Crippen molar-refractivity contribution in [2.24, 2.45) is 17.3 Å². The third-order valence-corrected chi connectivity index (χ3v) is 4.94. The molecule has 0 bridgehead atoms. The predicted molar refractivity (Wildman–Crippen MR) is 89.3 cm³/mol. The Bertz CT molecular complexity index is 431. The van der Waals surface area contributed by atoms with Gasteiger partial charge in [-0.15, -0.1) is 0 Å². The van der Waals surface area contributed by atoms with Gasteiger partial charge < -0.3 is 10.4 Å². The second kappa shape index (κ2) is 6.93. The van der Waals surface area contributed by atoms with Crippen molar-refractivity contribution in [3.63, 3.8) is 0 Å². The fourth-order valence-corrected chi connectivity index (χ4v) is 3.04. The number of rotatable bonds is 8. The van der Waals surface area contributed by atoms with Crippen molar-refractivity contribution >= 4 is 0 Å². The summed E-state index contributed by atoms with van der Waals surface area (Å²) in [6, 6.07) is 8.43. The number of hydrogen-bond acceptors (Lipinski definition) is 2. The Morgan fingerprint density at radius 1 is 1.10 bits per heavy atom. The molecule has 0 saturated heterocycles. The van der Waals surface area contributed by atoms with Crippen LogP contribution in [0.2, 0.25) is 0 Å². The van der Waals surface area contributed by atoms with Gasteiger partial charge in [-0.05, 0) is 47.6 Å². The SMILES string of the molecule is CC(C)Cc1ccc(C(O)CNCC2(C(C)C)CC2)cc1. The lowest BCUT2D eigenvalue weighted by molar-refractivity contribution is 0.169. The maximum Gasteiger partial charge on any atom is 0.0914 e. The first-order chi connectivity index (χ1) is 9.93. The zero-order chi connectivity index (χ0) is 15.5. The zero-order valence-electron chi connectivity index (χ0n) is 14.0. The van der Waals surface area contributed by atoms with E-state index in [4.69, 9.17) is 0 Å². The molecule has 21 heavy (non-hydrogen) atoms. The number of nitrogens with one attached hydrogen (secondary N) is 1.